The second kappa shape index (κ2) is 9.79. The van der Waals surface area contributed by atoms with Crippen LogP contribution in [0.4, 0.5) is 0 Å². The zero-order chi connectivity index (χ0) is 29.0. The monoisotopic (exact) mass is 563 g/mol. The summed E-state index contributed by atoms with van der Waals surface area (Å²) >= 11 is 0. The molecule has 0 saturated carbocycles. The van der Waals surface area contributed by atoms with E-state index in [0.717, 1.165) is 72.1 Å². The van der Waals surface area contributed by atoms with Gasteiger partial charge in [-0.3, -0.25) is 0 Å². The molecule has 3 aromatic heterocycles. The Morgan fingerprint density at radius 2 is 1.05 bits per heavy atom. The van der Waals surface area contributed by atoms with Crippen molar-refractivity contribution >= 4 is 43.7 Å². The molecular formula is C40H25N3O. The van der Waals surface area contributed by atoms with Crippen molar-refractivity contribution in [1.82, 2.24) is 14.5 Å². The van der Waals surface area contributed by atoms with Gasteiger partial charge in [0.15, 0.2) is 5.82 Å². The first-order valence-corrected chi connectivity index (χ1v) is 14.8. The Kier molecular flexibility index (Phi) is 5.47. The van der Waals surface area contributed by atoms with Gasteiger partial charge < -0.3 is 8.98 Å². The highest BCUT2D eigenvalue weighted by atomic mass is 16.3. The maximum atomic E-state index is 6.30. The van der Waals surface area contributed by atoms with Crippen LogP contribution in [0.1, 0.15) is 0 Å². The minimum absolute atomic E-state index is 0.682. The highest BCUT2D eigenvalue weighted by Crippen LogP contribution is 2.40. The van der Waals surface area contributed by atoms with E-state index in [1.54, 1.807) is 0 Å². The molecule has 0 amide bonds. The Morgan fingerprint density at radius 1 is 0.432 bits per heavy atom. The Hall–Kier alpha value is -6.00. The summed E-state index contributed by atoms with van der Waals surface area (Å²) in [6.45, 7) is 0. The van der Waals surface area contributed by atoms with E-state index in [1.165, 1.54) is 5.39 Å². The molecule has 0 radical (unpaired) electrons. The number of fused-ring (bicyclic) bond motifs is 6. The average molecular weight is 564 g/mol. The molecule has 0 atom stereocenters. The number of rotatable bonds is 4. The lowest BCUT2D eigenvalue weighted by atomic mass is 10.1. The Balaban J connectivity index is 1.35. The van der Waals surface area contributed by atoms with Crippen molar-refractivity contribution in [3.8, 4) is 39.6 Å². The molecular weight excluding hydrogens is 538 g/mol. The SMILES string of the molecule is c1ccc(-c2cc(-c3ccccc3)nc(-c3ccccc3-n3c4ccccc4c4cc5oc6ccccc6c5cc43)n2)cc1. The van der Waals surface area contributed by atoms with Crippen LogP contribution in [-0.4, -0.2) is 14.5 Å². The third-order valence-electron chi connectivity index (χ3n) is 8.42. The molecule has 0 aliphatic rings. The van der Waals surface area contributed by atoms with E-state index < -0.39 is 0 Å². The van der Waals surface area contributed by atoms with E-state index in [9.17, 15) is 0 Å². The van der Waals surface area contributed by atoms with Crippen molar-refractivity contribution in [3.05, 3.63) is 152 Å². The van der Waals surface area contributed by atoms with Crippen molar-refractivity contribution in [2.45, 2.75) is 0 Å². The molecule has 4 nitrogen and oxygen atoms in total. The van der Waals surface area contributed by atoms with Crippen molar-refractivity contribution in [2.75, 3.05) is 0 Å². The lowest BCUT2D eigenvalue weighted by Gasteiger charge is -2.15. The summed E-state index contributed by atoms with van der Waals surface area (Å²) in [4.78, 5) is 10.3. The number of aromatic nitrogens is 3. The Labute approximate surface area is 253 Å². The van der Waals surface area contributed by atoms with Gasteiger partial charge in [0.1, 0.15) is 11.2 Å². The Bertz CT molecular complexity index is 2430. The summed E-state index contributed by atoms with van der Waals surface area (Å²) in [5, 5.41) is 4.53. The summed E-state index contributed by atoms with van der Waals surface area (Å²) in [5.41, 5.74) is 9.88. The fourth-order valence-electron chi connectivity index (χ4n) is 6.39. The molecule has 3 heterocycles. The van der Waals surface area contributed by atoms with Gasteiger partial charge in [0, 0.05) is 38.2 Å². The van der Waals surface area contributed by atoms with E-state index in [2.05, 4.69) is 108 Å². The van der Waals surface area contributed by atoms with E-state index in [1.807, 2.05) is 48.5 Å². The number of furan rings is 1. The molecule has 0 fully saturated rings. The number of hydrogen-bond donors (Lipinski definition) is 0. The molecule has 0 N–H and O–H groups in total. The van der Waals surface area contributed by atoms with Crippen LogP contribution in [0.3, 0.4) is 0 Å². The van der Waals surface area contributed by atoms with Gasteiger partial charge in [-0.1, -0.05) is 109 Å². The van der Waals surface area contributed by atoms with Crippen molar-refractivity contribution in [3.63, 3.8) is 0 Å². The van der Waals surface area contributed by atoms with Crippen LogP contribution in [0, 0.1) is 0 Å². The molecule has 0 aliphatic carbocycles. The molecule has 0 aliphatic heterocycles. The molecule has 0 saturated heterocycles. The maximum absolute atomic E-state index is 6.30. The van der Waals surface area contributed by atoms with E-state index in [-0.39, 0.29) is 0 Å². The van der Waals surface area contributed by atoms with Crippen molar-refractivity contribution in [2.24, 2.45) is 0 Å². The fraction of sp³-hybridized carbons (Fsp3) is 0. The van der Waals surface area contributed by atoms with Crippen LogP contribution in [0.15, 0.2) is 156 Å². The Morgan fingerprint density at radius 3 is 1.80 bits per heavy atom. The van der Waals surface area contributed by atoms with Crippen LogP contribution >= 0.6 is 0 Å². The first-order chi connectivity index (χ1) is 21.8. The maximum Gasteiger partial charge on any atom is 0.162 e. The summed E-state index contributed by atoms with van der Waals surface area (Å²) in [6.07, 6.45) is 0. The molecule has 9 rings (SSSR count). The third kappa shape index (κ3) is 3.85. The second-order valence-corrected chi connectivity index (χ2v) is 11.0. The summed E-state index contributed by atoms with van der Waals surface area (Å²) in [5.74, 6) is 0.682. The van der Waals surface area contributed by atoms with Gasteiger partial charge in [-0.25, -0.2) is 9.97 Å². The standard InChI is InChI=1S/C40H25N3O/c1-3-13-26(14-4-1)33-25-34(27-15-5-2-6-16-27)42-40(41-33)30-19-8-11-21-36(30)43-35-20-10-7-17-28(35)31-24-39-32(23-37(31)43)29-18-9-12-22-38(29)44-39/h1-25H. The molecule has 0 spiro atoms. The van der Waals surface area contributed by atoms with Gasteiger partial charge in [-0.05, 0) is 42.5 Å². The minimum Gasteiger partial charge on any atom is -0.456 e. The van der Waals surface area contributed by atoms with Crippen LogP contribution in [0.5, 0.6) is 0 Å². The summed E-state index contributed by atoms with van der Waals surface area (Å²) in [7, 11) is 0. The fourth-order valence-corrected chi connectivity index (χ4v) is 6.39. The smallest absolute Gasteiger partial charge is 0.162 e. The predicted molar refractivity (Wildman–Crippen MR) is 180 cm³/mol. The van der Waals surface area contributed by atoms with Crippen LogP contribution < -0.4 is 0 Å². The van der Waals surface area contributed by atoms with Crippen LogP contribution in [-0.2, 0) is 0 Å². The largest absolute Gasteiger partial charge is 0.456 e. The highest BCUT2D eigenvalue weighted by molar-refractivity contribution is 6.17. The first-order valence-electron chi connectivity index (χ1n) is 14.8. The predicted octanol–water partition coefficient (Wildman–Crippen LogP) is 10.5. The van der Waals surface area contributed by atoms with Gasteiger partial charge in [0.05, 0.1) is 28.1 Å². The molecule has 0 bridgehead atoms. The normalized spacial score (nSPS) is 11.6. The topological polar surface area (TPSA) is 43.9 Å². The summed E-state index contributed by atoms with van der Waals surface area (Å²) in [6, 6.07) is 52.4. The van der Waals surface area contributed by atoms with Gasteiger partial charge in [0.25, 0.3) is 0 Å². The van der Waals surface area contributed by atoms with Crippen LogP contribution in [0.25, 0.3) is 83.3 Å². The molecule has 6 aromatic carbocycles. The van der Waals surface area contributed by atoms with Gasteiger partial charge in [0.2, 0.25) is 0 Å². The third-order valence-corrected chi connectivity index (χ3v) is 8.42. The van der Waals surface area contributed by atoms with Crippen molar-refractivity contribution < 1.29 is 4.42 Å². The number of benzene rings is 6. The number of para-hydroxylation sites is 3. The quantitative estimate of drug-likeness (QED) is 0.214. The number of hydrogen-bond acceptors (Lipinski definition) is 3. The zero-order valence-electron chi connectivity index (χ0n) is 23.7. The van der Waals surface area contributed by atoms with Crippen molar-refractivity contribution in [1.29, 1.82) is 0 Å². The first kappa shape index (κ1) is 24.6. The lowest BCUT2D eigenvalue weighted by molar-refractivity contribution is 0.669. The molecule has 4 heteroatoms. The molecule has 44 heavy (non-hydrogen) atoms. The summed E-state index contributed by atoms with van der Waals surface area (Å²) < 4.78 is 8.65. The lowest BCUT2D eigenvalue weighted by Crippen LogP contribution is -2.01. The van der Waals surface area contributed by atoms with Crippen LogP contribution in [0.2, 0.25) is 0 Å². The van der Waals surface area contributed by atoms with Gasteiger partial charge >= 0.3 is 0 Å². The average Bonchev–Trinajstić information content (AvgIpc) is 3.62. The minimum atomic E-state index is 0.682. The van der Waals surface area contributed by atoms with E-state index >= 15 is 0 Å². The molecule has 0 unspecified atom stereocenters. The van der Waals surface area contributed by atoms with Gasteiger partial charge in [-0.15, -0.1) is 0 Å². The van der Waals surface area contributed by atoms with E-state index in [0.29, 0.717) is 5.82 Å². The van der Waals surface area contributed by atoms with E-state index in [4.69, 9.17) is 14.4 Å². The zero-order valence-corrected chi connectivity index (χ0v) is 23.7. The molecule has 206 valence electrons. The number of nitrogens with zero attached hydrogens (tertiary/aromatic N) is 3. The van der Waals surface area contributed by atoms with Gasteiger partial charge in [-0.2, -0.15) is 0 Å². The second-order valence-electron chi connectivity index (χ2n) is 11.0. The highest BCUT2D eigenvalue weighted by Gasteiger charge is 2.20. The molecule has 9 aromatic rings.